The van der Waals surface area contributed by atoms with E-state index in [1.807, 2.05) is 0 Å². The summed E-state index contributed by atoms with van der Waals surface area (Å²) < 4.78 is 0. The SMILES string of the molecule is CCCC1(C)CC(O)CC(C)(C)C1. The van der Waals surface area contributed by atoms with Gasteiger partial charge in [0.2, 0.25) is 0 Å². The van der Waals surface area contributed by atoms with Crippen molar-refractivity contribution in [2.45, 2.75) is 65.9 Å². The third-order valence-corrected chi connectivity index (χ3v) is 3.28. The third-order valence-electron chi connectivity index (χ3n) is 3.28. The van der Waals surface area contributed by atoms with Gasteiger partial charge in [-0.3, -0.25) is 0 Å². The van der Waals surface area contributed by atoms with Gasteiger partial charge in [-0.15, -0.1) is 0 Å². The Bertz CT molecular complexity index is 174. The second-order valence-electron chi connectivity index (χ2n) is 5.96. The van der Waals surface area contributed by atoms with Crippen LogP contribution in [0.4, 0.5) is 0 Å². The molecule has 1 fully saturated rings. The van der Waals surface area contributed by atoms with Crippen LogP contribution in [0, 0.1) is 10.8 Å². The molecule has 13 heavy (non-hydrogen) atoms. The Morgan fingerprint density at radius 1 is 1.23 bits per heavy atom. The summed E-state index contributed by atoms with van der Waals surface area (Å²) in [5, 5.41) is 9.81. The van der Waals surface area contributed by atoms with Crippen molar-refractivity contribution < 1.29 is 5.11 Å². The number of aliphatic hydroxyl groups is 1. The van der Waals surface area contributed by atoms with Crippen LogP contribution < -0.4 is 0 Å². The summed E-state index contributed by atoms with van der Waals surface area (Å²) in [6.45, 7) is 9.13. The molecule has 1 aliphatic rings. The molecular weight excluding hydrogens is 160 g/mol. The van der Waals surface area contributed by atoms with Crippen molar-refractivity contribution in [1.29, 1.82) is 0 Å². The zero-order valence-electron chi connectivity index (χ0n) is 9.56. The summed E-state index contributed by atoms with van der Waals surface area (Å²) in [6, 6.07) is 0. The highest BCUT2D eigenvalue weighted by Gasteiger charge is 2.39. The summed E-state index contributed by atoms with van der Waals surface area (Å²) >= 11 is 0. The van der Waals surface area contributed by atoms with Crippen molar-refractivity contribution in [3.63, 3.8) is 0 Å². The number of hydrogen-bond acceptors (Lipinski definition) is 1. The Morgan fingerprint density at radius 2 is 1.85 bits per heavy atom. The second-order valence-corrected chi connectivity index (χ2v) is 5.96. The standard InChI is InChI=1S/C12H24O/c1-5-6-12(4)8-10(13)7-11(2,3)9-12/h10,13H,5-9H2,1-4H3. The monoisotopic (exact) mass is 184 g/mol. The average molecular weight is 184 g/mol. The smallest absolute Gasteiger partial charge is 0.0550 e. The number of rotatable bonds is 2. The molecule has 1 rings (SSSR count). The lowest BCUT2D eigenvalue weighted by Gasteiger charge is -2.45. The van der Waals surface area contributed by atoms with E-state index in [9.17, 15) is 5.11 Å². The summed E-state index contributed by atoms with van der Waals surface area (Å²) in [5.41, 5.74) is 0.720. The van der Waals surface area contributed by atoms with Gasteiger partial charge in [0.05, 0.1) is 6.10 Å². The highest BCUT2D eigenvalue weighted by molar-refractivity contribution is 4.91. The molecule has 0 amide bonds. The van der Waals surface area contributed by atoms with Crippen molar-refractivity contribution in [1.82, 2.24) is 0 Å². The molecule has 0 aromatic rings. The van der Waals surface area contributed by atoms with Gasteiger partial charge in [-0.25, -0.2) is 0 Å². The maximum atomic E-state index is 9.81. The molecule has 0 spiro atoms. The molecule has 2 unspecified atom stereocenters. The van der Waals surface area contributed by atoms with Crippen LogP contribution in [0.15, 0.2) is 0 Å². The van der Waals surface area contributed by atoms with E-state index in [0.29, 0.717) is 10.8 Å². The summed E-state index contributed by atoms with van der Waals surface area (Å²) in [7, 11) is 0. The van der Waals surface area contributed by atoms with E-state index < -0.39 is 0 Å². The molecule has 0 aromatic carbocycles. The van der Waals surface area contributed by atoms with Crippen LogP contribution in [0.5, 0.6) is 0 Å². The van der Waals surface area contributed by atoms with Gasteiger partial charge in [0.15, 0.2) is 0 Å². The number of hydrogen-bond donors (Lipinski definition) is 1. The molecule has 1 nitrogen and oxygen atoms in total. The predicted octanol–water partition coefficient (Wildman–Crippen LogP) is 3.36. The molecule has 1 aliphatic carbocycles. The molecule has 0 saturated heterocycles. The second kappa shape index (κ2) is 3.61. The Balaban J connectivity index is 2.66. The molecule has 0 radical (unpaired) electrons. The maximum absolute atomic E-state index is 9.81. The minimum atomic E-state index is -0.0692. The lowest BCUT2D eigenvalue weighted by Crippen LogP contribution is -2.38. The van der Waals surface area contributed by atoms with Crippen molar-refractivity contribution in [2.24, 2.45) is 10.8 Å². The quantitative estimate of drug-likeness (QED) is 0.697. The fourth-order valence-electron chi connectivity index (χ4n) is 3.37. The van der Waals surface area contributed by atoms with Crippen LogP contribution in [-0.4, -0.2) is 11.2 Å². The Hall–Kier alpha value is -0.0400. The first kappa shape index (κ1) is 11.0. The molecule has 0 aromatic heterocycles. The fourth-order valence-corrected chi connectivity index (χ4v) is 3.37. The molecule has 1 heteroatoms. The van der Waals surface area contributed by atoms with Crippen LogP contribution in [0.25, 0.3) is 0 Å². The van der Waals surface area contributed by atoms with Gasteiger partial charge in [0.1, 0.15) is 0 Å². The molecule has 1 saturated carbocycles. The lowest BCUT2D eigenvalue weighted by molar-refractivity contribution is -0.0133. The fraction of sp³-hybridized carbons (Fsp3) is 1.00. The normalized spacial score (nSPS) is 39.0. The average Bonchev–Trinajstić information content (AvgIpc) is 1.78. The predicted molar refractivity (Wildman–Crippen MR) is 56.7 cm³/mol. The molecule has 0 bridgehead atoms. The van der Waals surface area contributed by atoms with E-state index in [0.717, 1.165) is 12.8 Å². The van der Waals surface area contributed by atoms with E-state index in [1.165, 1.54) is 19.3 Å². The molecule has 0 heterocycles. The first-order chi connectivity index (χ1) is 5.87. The summed E-state index contributed by atoms with van der Waals surface area (Å²) in [5.74, 6) is 0. The highest BCUT2D eigenvalue weighted by Crippen LogP contribution is 2.48. The van der Waals surface area contributed by atoms with Gasteiger partial charge >= 0.3 is 0 Å². The van der Waals surface area contributed by atoms with Gasteiger partial charge < -0.3 is 5.11 Å². The molecule has 0 aliphatic heterocycles. The van der Waals surface area contributed by atoms with Gasteiger partial charge in [0, 0.05) is 0 Å². The Kier molecular flexibility index (Phi) is 3.06. The Labute approximate surface area is 82.5 Å². The molecular formula is C12H24O. The number of aliphatic hydroxyl groups excluding tert-OH is 1. The van der Waals surface area contributed by atoms with Crippen LogP contribution in [0.3, 0.4) is 0 Å². The van der Waals surface area contributed by atoms with E-state index in [2.05, 4.69) is 27.7 Å². The zero-order valence-corrected chi connectivity index (χ0v) is 9.56. The van der Waals surface area contributed by atoms with E-state index in [1.54, 1.807) is 0 Å². The first-order valence-electron chi connectivity index (χ1n) is 5.55. The van der Waals surface area contributed by atoms with Crippen molar-refractivity contribution >= 4 is 0 Å². The van der Waals surface area contributed by atoms with Crippen molar-refractivity contribution in [3.8, 4) is 0 Å². The summed E-state index contributed by atoms with van der Waals surface area (Å²) in [6.07, 6.45) is 5.68. The molecule has 1 N–H and O–H groups in total. The van der Waals surface area contributed by atoms with Crippen LogP contribution in [-0.2, 0) is 0 Å². The van der Waals surface area contributed by atoms with Gasteiger partial charge in [0.25, 0.3) is 0 Å². The molecule has 2 atom stereocenters. The van der Waals surface area contributed by atoms with Crippen LogP contribution >= 0.6 is 0 Å². The van der Waals surface area contributed by atoms with Crippen LogP contribution in [0.2, 0.25) is 0 Å². The van der Waals surface area contributed by atoms with Gasteiger partial charge in [-0.05, 0) is 36.5 Å². The Morgan fingerprint density at radius 3 is 2.31 bits per heavy atom. The van der Waals surface area contributed by atoms with Gasteiger partial charge in [-0.2, -0.15) is 0 Å². The summed E-state index contributed by atoms with van der Waals surface area (Å²) in [4.78, 5) is 0. The van der Waals surface area contributed by atoms with Crippen molar-refractivity contribution in [3.05, 3.63) is 0 Å². The minimum absolute atomic E-state index is 0.0692. The molecule has 78 valence electrons. The van der Waals surface area contributed by atoms with E-state index in [-0.39, 0.29) is 6.10 Å². The first-order valence-corrected chi connectivity index (χ1v) is 5.55. The topological polar surface area (TPSA) is 20.2 Å². The van der Waals surface area contributed by atoms with Crippen molar-refractivity contribution in [2.75, 3.05) is 0 Å². The largest absolute Gasteiger partial charge is 0.393 e. The zero-order chi connectivity index (χ0) is 10.1. The lowest BCUT2D eigenvalue weighted by atomic mass is 9.62. The van der Waals surface area contributed by atoms with Crippen LogP contribution in [0.1, 0.15) is 59.8 Å². The highest BCUT2D eigenvalue weighted by atomic mass is 16.3. The van der Waals surface area contributed by atoms with Gasteiger partial charge in [-0.1, -0.05) is 34.1 Å². The minimum Gasteiger partial charge on any atom is -0.393 e. The van der Waals surface area contributed by atoms with E-state index >= 15 is 0 Å². The third kappa shape index (κ3) is 2.98. The van der Waals surface area contributed by atoms with E-state index in [4.69, 9.17) is 0 Å². The maximum Gasteiger partial charge on any atom is 0.0550 e.